The zero-order valence-corrected chi connectivity index (χ0v) is 16.4. The molecule has 0 aromatic rings. The number of hydrogen-bond acceptors (Lipinski definition) is 4. The molecule has 0 rings (SSSR count). The standard InChI is InChI=1S/2C5H11NOS.Pb/c2*1-3-6(4-2)5(7)8;/h2*3-4H2,1-2H3,(H,7,8);/q;;+2/p-2. The van der Waals surface area contributed by atoms with E-state index in [4.69, 9.17) is 0 Å². The number of rotatable bonds is 4. The largest absolute Gasteiger partial charge is 2.00 e. The van der Waals surface area contributed by atoms with Gasteiger partial charge in [0.25, 0.3) is 0 Å². The third-order valence-electron chi connectivity index (χ3n) is 2.04. The van der Waals surface area contributed by atoms with E-state index in [2.05, 4.69) is 24.4 Å². The summed E-state index contributed by atoms with van der Waals surface area (Å²) in [5, 5.41) is 20.2. The van der Waals surface area contributed by atoms with Crippen molar-refractivity contribution in [3.63, 3.8) is 0 Å². The van der Waals surface area contributed by atoms with Crippen LogP contribution < -0.4 is 10.2 Å². The van der Waals surface area contributed by atoms with Gasteiger partial charge in [-0.25, -0.2) is 0 Å². The van der Waals surface area contributed by atoms with E-state index >= 15 is 0 Å². The average molecular weight is 472 g/mol. The topological polar surface area (TPSA) is 52.6 Å². The first-order chi connectivity index (χ1) is 7.44. The van der Waals surface area contributed by atoms with Crippen molar-refractivity contribution in [2.24, 2.45) is 0 Å². The van der Waals surface area contributed by atoms with Gasteiger partial charge >= 0.3 is 27.3 Å². The molecule has 0 unspecified atom stereocenters. The van der Waals surface area contributed by atoms with Gasteiger partial charge in [0, 0.05) is 36.5 Å². The molecule has 0 fully saturated rings. The van der Waals surface area contributed by atoms with Crippen LogP contribution in [0.1, 0.15) is 27.7 Å². The minimum atomic E-state index is -0.255. The Morgan fingerprint density at radius 1 is 0.765 bits per heavy atom. The van der Waals surface area contributed by atoms with Crippen LogP contribution >= 0.6 is 24.4 Å². The van der Waals surface area contributed by atoms with Crippen LogP contribution in [0.3, 0.4) is 0 Å². The summed E-state index contributed by atoms with van der Waals surface area (Å²) in [6.07, 6.45) is 0. The van der Waals surface area contributed by atoms with Crippen LogP contribution in [0.4, 0.5) is 0 Å². The Bertz CT molecular complexity index is 188. The smallest absolute Gasteiger partial charge is 0.852 e. The Balaban J connectivity index is -0.000000218. The van der Waals surface area contributed by atoms with Crippen molar-refractivity contribution in [3.8, 4) is 0 Å². The molecule has 2 radical (unpaired) electrons. The van der Waals surface area contributed by atoms with Crippen LogP contribution in [0, 0.1) is 0 Å². The predicted molar refractivity (Wildman–Crippen MR) is 76.8 cm³/mol. The molecule has 0 spiro atoms. The molecule has 0 saturated carbocycles. The zero-order valence-electron chi connectivity index (χ0n) is 10.9. The van der Waals surface area contributed by atoms with Gasteiger partial charge in [-0.05, 0) is 27.7 Å². The monoisotopic (exact) mass is 472 g/mol. The predicted octanol–water partition coefficient (Wildman–Crippen LogP) is -0.434. The van der Waals surface area contributed by atoms with Crippen molar-refractivity contribution >= 4 is 62.1 Å². The SMILES string of the molecule is CCN(CC)C([O-])=S.CCN(CC)C([O-])=S.[Pb+2]. The summed E-state index contributed by atoms with van der Waals surface area (Å²) in [6, 6.07) is 0. The van der Waals surface area contributed by atoms with Crippen LogP contribution in [-0.4, -0.2) is 73.6 Å². The second-order valence-corrected chi connectivity index (χ2v) is 3.57. The summed E-state index contributed by atoms with van der Waals surface area (Å²) in [5.41, 5.74) is 0. The first kappa shape index (κ1) is 22.5. The summed E-state index contributed by atoms with van der Waals surface area (Å²) < 4.78 is 0. The van der Waals surface area contributed by atoms with Gasteiger partial charge in [-0.2, -0.15) is 0 Å². The molecule has 0 aliphatic carbocycles. The van der Waals surface area contributed by atoms with Crippen LogP contribution in [-0.2, 0) is 0 Å². The summed E-state index contributed by atoms with van der Waals surface area (Å²) in [5.74, 6) is 0. The van der Waals surface area contributed by atoms with Gasteiger partial charge in [-0.3, -0.25) is 0 Å². The van der Waals surface area contributed by atoms with Gasteiger partial charge < -0.3 is 20.0 Å². The molecule has 17 heavy (non-hydrogen) atoms. The van der Waals surface area contributed by atoms with Crippen LogP contribution in [0.15, 0.2) is 0 Å². The van der Waals surface area contributed by atoms with E-state index in [1.807, 2.05) is 27.7 Å². The Kier molecular flexibility index (Phi) is 19.0. The van der Waals surface area contributed by atoms with Crippen LogP contribution in [0.2, 0.25) is 0 Å². The first-order valence-corrected chi connectivity index (χ1v) is 6.17. The van der Waals surface area contributed by atoms with E-state index in [-0.39, 0.29) is 37.6 Å². The maximum absolute atomic E-state index is 10.3. The molecular formula is C10H20N2O2PbS2. The fraction of sp³-hybridized carbons (Fsp3) is 0.800. The summed E-state index contributed by atoms with van der Waals surface area (Å²) in [7, 11) is 0. The fourth-order valence-corrected chi connectivity index (χ4v) is 1.48. The summed E-state index contributed by atoms with van der Waals surface area (Å²) in [6.45, 7) is 10.5. The Morgan fingerprint density at radius 2 is 0.941 bits per heavy atom. The van der Waals surface area contributed by atoms with Crippen molar-refractivity contribution in [1.82, 2.24) is 9.80 Å². The Morgan fingerprint density at radius 3 is 0.941 bits per heavy atom. The molecular weight excluding hydrogens is 451 g/mol. The van der Waals surface area contributed by atoms with Gasteiger partial charge in [-0.15, -0.1) is 0 Å². The van der Waals surface area contributed by atoms with Crippen LogP contribution in [0.25, 0.3) is 0 Å². The quantitative estimate of drug-likeness (QED) is 0.410. The van der Waals surface area contributed by atoms with Crippen molar-refractivity contribution in [2.45, 2.75) is 27.7 Å². The number of nitrogens with zero attached hydrogens (tertiary/aromatic N) is 2. The average Bonchev–Trinajstić information content (AvgIpc) is 2.21. The van der Waals surface area contributed by atoms with Gasteiger partial charge in [-0.1, -0.05) is 24.4 Å². The van der Waals surface area contributed by atoms with E-state index in [1.165, 1.54) is 0 Å². The molecule has 0 aliphatic rings. The molecule has 0 amide bonds. The van der Waals surface area contributed by atoms with Gasteiger partial charge in [0.1, 0.15) is 0 Å². The molecule has 0 saturated heterocycles. The zero-order chi connectivity index (χ0) is 13.1. The van der Waals surface area contributed by atoms with Crippen molar-refractivity contribution in [1.29, 1.82) is 0 Å². The first-order valence-electron chi connectivity index (χ1n) is 5.36. The normalized spacial score (nSPS) is 8.24. The van der Waals surface area contributed by atoms with Gasteiger partial charge in [0.15, 0.2) is 0 Å². The molecule has 0 heterocycles. The molecule has 0 aromatic carbocycles. The van der Waals surface area contributed by atoms with E-state index < -0.39 is 0 Å². The second kappa shape index (κ2) is 14.4. The molecule has 0 N–H and O–H groups in total. The number of thiocarbonyl (C=S) groups is 2. The maximum atomic E-state index is 10.3. The minimum absolute atomic E-state index is 0. The molecule has 4 nitrogen and oxygen atoms in total. The molecule has 0 aromatic heterocycles. The fourth-order valence-electron chi connectivity index (χ4n) is 0.964. The molecule has 0 atom stereocenters. The van der Waals surface area contributed by atoms with Crippen molar-refractivity contribution in [3.05, 3.63) is 0 Å². The molecule has 0 bridgehead atoms. The minimum Gasteiger partial charge on any atom is -0.852 e. The Labute approximate surface area is 135 Å². The molecule has 7 heteroatoms. The molecule has 98 valence electrons. The maximum Gasteiger partial charge on any atom is 2.00 e. The molecule has 0 aliphatic heterocycles. The third-order valence-corrected chi connectivity index (χ3v) is 2.56. The van der Waals surface area contributed by atoms with Crippen molar-refractivity contribution < 1.29 is 10.2 Å². The van der Waals surface area contributed by atoms with Crippen molar-refractivity contribution in [2.75, 3.05) is 26.2 Å². The second-order valence-electron chi connectivity index (χ2n) is 2.88. The van der Waals surface area contributed by atoms with Gasteiger partial charge in [0.05, 0.1) is 0 Å². The third kappa shape index (κ3) is 12.5. The van der Waals surface area contributed by atoms with Crippen LogP contribution in [0.5, 0.6) is 0 Å². The van der Waals surface area contributed by atoms with E-state index in [0.29, 0.717) is 0 Å². The van der Waals surface area contributed by atoms with Gasteiger partial charge in [0.2, 0.25) is 0 Å². The van der Waals surface area contributed by atoms with E-state index in [0.717, 1.165) is 26.2 Å². The van der Waals surface area contributed by atoms with E-state index in [1.54, 1.807) is 9.80 Å². The number of hydrogen-bond donors (Lipinski definition) is 0. The summed E-state index contributed by atoms with van der Waals surface area (Å²) >= 11 is 8.77. The van der Waals surface area contributed by atoms with E-state index in [9.17, 15) is 10.2 Å². The Hall–Kier alpha value is 0.302. The summed E-state index contributed by atoms with van der Waals surface area (Å²) in [4.78, 5) is 3.19.